The summed E-state index contributed by atoms with van der Waals surface area (Å²) in [6, 6.07) is 0. The van der Waals surface area contributed by atoms with Crippen molar-refractivity contribution in [2.45, 2.75) is 25.8 Å². The fraction of sp³-hybridized carbons (Fsp3) is 1.00. The maximum absolute atomic E-state index is 4.91. The summed E-state index contributed by atoms with van der Waals surface area (Å²) >= 11 is 0. The van der Waals surface area contributed by atoms with E-state index in [4.69, 9.17) is 4.84 Å². The molecular weight excluding hydrogens is 90.1 g/mol. The molecule has 2 heteroatoms. The van der Waals surface area contributed by atoms with Crippen molar-refractivity contribution in [1.82, 2.24) is 5.48 Å². The first-order chi connectivity index (χ1) is 3.21. The molecule has 7 heavy (non-hydrogen) atoms. The van der Waals surface area contributed by atoms with Crippen LogP contribution in [0.15, 0.2) is 0 Å². The van der Waals surface area contributed by atoms with E-state index in [9.17, 15) is 0 Å². The number of hydroxylamine groups is 1. The standard InChI is InChI=1S/C5H11NO/c1-5(2)3-4-7-6-5/h6H,3-4H2,1-2H3. The monoisotopic (exact) mass is 101 g/mol. The Kier molecular flexibility index (Phi) is 1.05. The van der Waals surface area contributed by atoms with Crippen LogP contribution in [0, 0.1) is 0 Å². The van der Waals surface area contributed by atoms with Crippen LogP contribution >= 0.6 is 0 Å². The van der Waals surface area contributed by atoms with Crippen molar-refractivity contribution in [2.75, 3.05) is 6.61 Å². The van der Waals surface area contributed by atoms with Gasteiger partial charge in [-0.2, -0.15) is 5.48 Å². The van der Waals surface area contributed by atoms with Gasteiger partial charge in [0.15, 0.2) is 0 Å². The lowest BCUT2D eigenvalue weighted by Crippen LogP contribution is -2.30. The van der Waals surface area contributed by atoms with Crippen LogP contribution < -0.4 is 5.48 Å². The van der Waals surface area contributed by atoms with E-state index in [0.29, 0.717) is 0 Å². The van der Waals surface area contributed by atoms with Crippen molar-refractivity contribution in [3.63, 3.8) is 0 Å². The van der Waals surface area contributed by atoms with Crippen molar-refractivity contribution < 1.29 is 4.84 Å². The first-order valence-corrected chi connectivity index (χ1v) is 2.60. The van der Waals surface area contributed by atoms with Gasteiger partial charge in [-0.1, -0.05) is 0 Å². The van der Waals surface area contributed by atoms with Gasteiger partial charge in [0.05, 0.1) is 6.61 Å². The van der Waals surface area contributed by atoms with Crippen molar-refractivity contribution >= 4 is 0 Å². The van der Waals surface area contributed by atoms with E-state index in [-0.39, 0.29) is 5.54 Å². The Morgan fingerprint density at radius 2 is 2.29 bits per heavy atom. The minimum Gasteiger partial charge on any atom is -0.301 e. The van der Waals surface area contributed by atoms with Crippen LogP contribution in [0.5, 0.6) is 0 Å². The summed E-state index contributed by atoms with van der Waals surface area (Å²) in [6.07, 6.45) is 1.12. The SMILES string of the molecule is CC1(C)CCON1. The van der Waals surface area contributed by atoms with Crippen LogP contribution in [0.25, 0.3) is 0 Å². The summed E-state index contributed by atoms with van der Waals surface area (Å²) in [5, 5.41) is 0. The molecule has 1 rings (SSSR count). The summed E-state index contributed by atoms with van der Waals surface area (Å²) < 4.78 is 0. The number of hydrogen-bond acceptors (Lipinski definition) is 2. The van der Waals surface area contributed by atoms with Crippen molar-refractivity contribution in [1.29, 1.82) is 0 Å². The minimum absolute atomic E-state index is 0.222. The number of rotatable bonds is 0. The molecule has 0 aromatic carbocycles. The van der Waals surface area contributed by atoms with Gasteiger partial charge in [-0.25, -0.2) is 0 Å². The van der Waals surface area contributed by atoms with Crippen LogP contribution in [0.3, 0.4) is 0 Å². The third-order valence-corrected chi connectivity index (χ3v) is 1.18. The molecule has 42 valence electrons. The van der Waals surface area contributed by atoms with E-state index in [1.807, 2.05) is 0 Å². The number of nitrogens with one attached hydrogen (secondary N) is 1. The molecule has 0 spiro atoms. The Morgan fingerprint density at radius 3 is 2.43 bits per heavy atom. The topological polar surface area (TPSA) is 21.3 Å². The largest absolute Gasteiger partial charge is 0.301 e. The van der Waals surface area contributed by atoms with Crippen LogP contribution in [0.2, 0.25) is 0 Å². The zero-order valence-electron chi connectivity index (χ0n) is 4.82. The molecule has 1 N–H and O–H groups in total. The fourth-order valence-electron chi connectivity index (χ4n) is 0.604. The first kappa shape index (κ1) is 5.06. The average molecular weight is 101 g/mol. The van der Waals surface area contributed by atoms with E-state index in [1.54, 1.807) is 0 Å². The van der Waals surface area contributed by atoms with Crippen LogP contribution in [-0.2, 0) is 4.84 Å². The fourth-order valence-corrected chi connectivity index (χ4v) is 0.604. The van der Waals surface area contributed by atoms with Gasteiger partial charge in [0.25, 0.3) is 0 Å². The van der Waals surface area contributed by atoms with E-state index in [0.717, 1.165) is 13.0 Å². The summed E-state index contributed by atoms with van der Waals surface area (Å²) in [5.41, 5.74) is 3.12. The molecule has 2 nitrogen and oxygen atoms in total. The molecule has 1 heterocycles. The van der Waals surface area contributed by atoms with Gasteiger partial charge in [0.1, 0.15) is 0 Å². The summed E-state index contributed by atoms with van der Waals surface area (Å²) in [4.78, 5) is 4.91. The van der Waals surface area contributed by atoms with Gasteiger partial charge < -0.3 is 4.84 Å². The molecule has 0 bridgehead atoms. The number of hydrogen-bond donors (Lipinski definition) is 1. The molecular formula is C5H11NO. The second-order valence-corrected chi connectivity index (χ2v) is 2.58. The van der Waals surface area contributed by atoms with Crippen LogP contribution in [0.4, 0.5) is 0 Å². The average Bonchev–Trinajstić information content (AvgIpc) is 1.84. The highest BCUT2D eigenvalue weighted by atomic mass is 16.7. The quantitative estimate of drug-likeness (QED) is 0.484. The van der Waals surface area contributed by atoms with Gasteiger partial charge in [-0.05, 0) is 20.3 Å². The molecule has 0 amide bonds. The van der Waals surface area contributed by atoms with E-state index in [1.165, 1.54) is 0 Å². The zero-order chi connectivity index (χ0) is 5.33. The van der Waals surface area contributed by atoms with E-state index >= 15 is 0 Å². The zero-order valence-corrected chi connectivity index (χ0v) is 4.82. The Bertz CT molecular complexity index is 62.5. The minimum atomic E-state index is 0.222. The second-order valence-electron chi connectivity index (χ2n) is 2.58. The van der Waals surface area contributed by atoms with Crippen LogP contribution in [0.1, 0.15) is 20.3 Å². The van der Waals surface area contributed by atoms with E-state index in [2.05, 4.69) is 19.3 Å². The van der Waals surface area contributed by atoms with Gasteiger partial charge in [-0.3, -0.25) is 0 Å². The molecule has 0 aromatic heterocycles. The smallest absolute Gasteiger partial charge is 0.0700 e. The Balaban J connectivity index is 2.40. The Hall–Kier alpha value is -0.0800. The maximum Gasteiger partial charge on any atom is 0.0700 e. The van der Waals surface area contributed by atoms with Crippen molar-refractivity contribution in [2.24, 2.45) is 0 Å². The van der Waals surface area contributed by atoms with Gasteiger partial charge in [0.2, 0.25) is 0 Å². The lowest BCUT2D eigenvalue weighted by molar-refractivity contribution is 0.0709. The molecule has 1 saturated heterocycles. The Morgan fingerprint density at radius 1 is 1.57 bits per heavy atom. The molecule has 0 radical (unpaired) electrons. The summed E-state index contributed by atoms with van der Waals surface area (Å²) in [7, 11) is 0. The normalized spacial score (nSPS) is 28.3. The first-order valence-electron chi connectivity index (χ1n) is 2.60. The molecule has 1 aliphatic rings. The predicted molar refractivity (Wildman–Crippen MR) is 27.8 cm³/mol. The lowest BCUT2D eigenvalue weighted by Gasteiger charge is -2.12. The second kappa shape index (κ2) is 1.46. The third-order valence-electron chi connectivity index (χ3n) is 1.18. The molecule has 0 saturated carbocycles. The maximum atomic E-state index is 4.91. The molecule has 0 aromatic rings. The Labute approximate surface area is 43.8 Å². The molecule has 0 atom stereocenters. The lowest BCUT2D eigenvalue weighted by atomic mass is 10.0. The highest BCUT2D eigenvalue weighted by molar-refractivity contribution is 4.75. The third kappa shape index (κ3) is 1.14. The highest BCUT2D eigenvalue weighted by Crippen LogP contribution is 2.12. The van der Waals surface area contributed by atoms with Gasteiger partial charge in [0, 0.05) is 5.54 Å². The van der Waals surface area contributed by atoms with Crippen molar-refractivity contribution in [3.05, 3.63) is 0 Å². The predicted octanol–water partition coefficient (Wildman–Crippen LogP) is 0.690. The van der Waals surface area contributed by atoms with Crippen molar-refractivity contribution in [3.8, 4) is 0 Å². The van der Waals surface area contributed by atoms with Crippen LogP contribution in [-0.4, -0.2) is 12.1 Å². The molecule has 1 aliphatic heterocycles. The molecule has 0 unspecified atom stereocenters. The summed E-state index contributed by atoms with van der Waals surface area (Å²) in [5.74, 6) is 0. The van der Waals surface area contributed by atoms with E-state index < -0.39 is 0 Å². The highest BCUT2D eigenvalue weighted by Gasteiger charge is 2.22. The van der Waals surface area contributed by atoms with Gasteiger partial charge >= 0.3 is 0 Å². The van der Waals surface area contributed by atoms with Gasteiger partial charge in [-0.15, -0.1) is 0 Å². The summed E-state index contributed by atoms with van der Waals surface area (Å²) in [6.45, 7) is 5.10. The molecule has 1 fully saturated rings. The molecule has 0 aliphatic carbocycles.